The van der Waals surface area contributed by atoms with E-state index in [-0.39, 0.29) is 5.41 Å². The minimum atomic E-state index is -0.391. The fourth-order valence-electron chi connectivity index (χ4n) is 3.99. The zero-order chi connectivity index (χ0) is 19.5. The van der Waals surface area contributed by atoms with Crippen molar-refractivity contribution >= 4 is 39.9 Å². The van der Waals surface area contributed by atoms with Crippen molar-refractivity contribution in [3.63, 3.8) is 0 Å². The molecule has 4 rings (SSSR count). The number of hydrogen-bond donors (Lipinski definition) is 0. The highest BCUT2D eigenvalue weighted by atomic mass is 35.5. The van der Waals surface area contributed by atoms with Gasteiger partial charge in [0.25, 0.3) is 0 Å². The number of rotatable bonds is 2. The maximum absolute atomic E-state index is 11.7. The van der Waals surface area contributed by atoms with Crippen LogP contribution in [-0.2, 0) is 10.2 Å². The average Bonchev–Trinajstić information content (AvgIpc) is 2.81. The minimum Gasteiger partial charge on any atom is -0.497 e. The lowest BCUT2D eigenvalue weighted by Gasteiger charge is -2.23. The van der Waals surface area contributed by atoms with E-state index in [4.69, 9.17) is 32.7 Å². The van der Waals surface area contributed by atoms with Gasteiger partial charge in [-0.25, -0.2) is 0 Å². The number of ether oxygens (including phenoxy) is 2. The lowest BCUT2D eigenvalue weighted by atomic mass is 9.82. The molecular formula is C22H18Cl2O3. The summed E-state index contributed by atoms with van der Waals surface area (Å²) in [5.41, 5.74) is 4.08. The molecule has 3 nitrogen and oxygen atoms in total. The average molecular weight is 401 g/mol. The third-order valence-corrected chi connectivity index (χ3v) is 5.73. The van der Waals surface area contributed by atoms with Gasteiger partial charge < -0.3 is 9.47 Å². The van der Waals surface area contributed by atoms with Crippen LogP contribution >= 0.6 is 23.2 Å². The fourth-order valence-corrected chi connectivity index (χ4v) is 4.58. The van der Waals surface area contributed by atoms with Crippen molar-refractivity contribution in [3.8, 4) is 22.6 Å². The van der Waals surface area contributed by atoms with Crippen LogP contribution in [0.4, 0.5) is 0 Å². The van der Waals surface area contributed by atoms with Gasteiger partial charge in [-0.2, -0.15) is 0 Å². The molecule has 3 aromatic carbocycles. The van der Waals surface area contributed by atoms with Gasteiger partial charge in [0.15, 0.2) is 0 Å². The van der Waals surface area contributed by atoms with Gasteiger partial charge >= 0.3 is 5.97 Å². The van der Waals surface area contributed by atoms with Crippen molar-refractivity contribution < 1.29 is 14.3 Å². The summed E-state index contributed by atoms with van der Waals surface area (Å²) in [5.74, 6) is 0.859. The van der Waals surface area contributed by atoms with Crippen LogP contribution in [0.1, 0.15) is 31.9 Å². The lowest BCUT2D eigenvalue weighted by Crippen LogP contribution is -2.15. The number of carbonyl (C=O) groups excluding carboxylic acids is 1. The number of esters is 1. The first-order valence-electron chi connectivity index (χ1n) is 8.57. The second kappa shape index (κ2) is 6.15. The highest BCUT2D eigenvalue weighted by Gasteiger charge is 2.38. The topological polar surface area (TPSA) is 35.5 Å². The number of benzene rings is 3. The summed E-state index contributed by atoms with van der Waals surface area (Å²) >= 11 is 12.8. The number of carbonyl (C=O) groups is 1. The predicted molar refractivity (Wildman–Crippen MR) is 109 cm³/mol. The molecule has 1 aliphatic rings. The zero-order valence-corrected chi connectivity index (χ0v) is 17.0. The third-order valence-electron chi connectivity index (χ3n) is 5.21. The molecule has 0 unspecified atom stereocenters. The highest BCUT2D eigenvalue weighted by molar-refractivity contribution is 6.40. The van der Waals surface area contributed by atoms with Gasteiger partial charge in [0, 0.05) is 22.7 Å². The maximum atomic E-state index is 11.7. The molecule has 5 heteroatoms. The molecule has 0 saturated carbocycles. The Kier molecular flexibility index (Phi) is 4.13. The van der Waals surface area contributed by atoms with Gasteiger partial charge in [-0.1, -0.05) is 43.1 Å². The van der Waals surface area contributed by atoms with Gasteiger partial charge in [-0.15, -0.1) is 0 Å². The van der Waals surface area contributed by atoms with Crippen molar-refractivity contribution in [2.75, 3.05) is 7.11 Å². The van der Waals surface area contributed by atoms with Crippen LogP contribution in [0, 0.1) is 0 Å². The monoisotopic (exact) mass is 400 g/mol. The van der Waals surface area contributed by atoms with Crippen LogP contribution in [0.15, 0.2) is 36.4 Å². The van der Waals surface area contributed by atoms with Gasteiger partial charge in [0.05, 0.1) is 12.1 Å². The Morgan fingerprint density at radius 2 is 1.78 bits per heavy atom. The van der Waals surface area contributed by atoms with Crippen LogP contribution < -0.4 is 9.47 Å². The second-order valence-electron chi connectivity index (χ2n) is 7.24. The smallest absolute Gasteiger partial charge is 0.308 e. The molecule has 0 fully saturated rings. The number of hydrogen-bond acceptors (Lipinski definition) is 3. The Balaban J connectivity index is 2.16. The molecule has 0 spiro atoms. The van der Waals surface area contributed by atoms with Crippen molar-refractivity contribution in [2.24, 2.45) is 0 Å². The molecule has 3 aromatic rings. The van der Waals surface area contributed by atoms with Crippen LogP contribution in [0.2, 0.25) is 10.0 Å². The summed E-state index contributed by atoms with van der Waals surface area (Å²) < 4.78 is 10.9. The SMILES string of the molecule is COc1ccc2c(c1)C(C)(C)c1cc(OC(C)=O)c3c(Cl)cc(Cl)cc3c1-2. The Labute approximate surface area is 167 Å². The van der Waals surface area contributed by atoms with E-state index >= 15 is 0 Å². The summed E-state index contributed by atoms with van der Waals surface area (Å²) in [4.78, 5) is 11.7. The summed E-state index contributed by atoms with van der Waals surface area (Å²) in [6.07, 6.45) is 0. The van der Waals surface area contributed by atoms with Crippen molar-refractivity contribution in [1.29, 1.82) is 0 Å². The Morgan fingerprint density at radius 3 is 2.44 bits per heavy atom. The molecule has 0 aromatic heterocycles. The highest BCUT2D eigenvalue weighted by Crippen LogP contribution is 2.55. The molecule has 0 aliphatic heterocycles. The number of fused-ring (bicyclic) bond motifs is 5. The van der Waals surface area contributed by atoms with E-state index in [0.717, 1.165) is 33.4 Å². The van der Waals surface area contributed by atoms with E-state index in [9.17, 15) is 4.79 Å². The molecule has 0 heterocycles. The fraction of sp³-hybridized carbons (Fsp3) is 0.227. The normalized spacial score (nSPS) is 14.0. The standard InChI is InChI=1S/C22H18Cl2O3/c1-11(25)27-19-10-17-20(15-7-12(23)8-18(24)21(15)19)14-6-5-13(26-4)9-16(14)22(17,2)3/h5-10H,1-4H3. The first-order valence-corrected chi connectivity index (χ1v) is 9.33. The summed E-state index contributed by atoms with van der Waals surface area (Å²) in [6, 6.07) is 11.5. The number of methoxy groups -OCH3 is 1. The van der Waals surface area contributed by atoms with Crippen LogP contribution in [0.5, 0.6) is 11.5 Å². The van der Waals surface area contributed by atoms with Gasteiger partial charge in [-0.3, -0.25) is 4.79 Å². The predicted octanol–water partition coefficient (Wildman–Crippen LogP) is 6.39. The molecule has 27 heavy (non-hydrogen) atoms. The molecule has 0 bridgehead atoms. The summed E-state index contributed by atoms with van der Waals surface area (Å²) in [7, 11) is 1.66. The Hall–Kier alpha value is -2.23. The molecule has 0 saturated heterocycles. The Bertz CT molecular complexity index is 1120. The minimum absolute atomic E-state index is 0.295. The van der Waals surface area contributed by atoms with Crippen molar-refractivity contribution in [1.82, 2.24) is 0 Å². The van der Waals surface area contributed by atoms with E-state index in [1.807, 2.05) is 18.2 Å². The van der Waals surface area contributed by atoms with E-state index in [1.165, 1.54) is 6.92 Å². The summed E-state index contributed by atoms with van der Waals surface area (Å²) in [6.45, 7) is 5.67. The summed E-state index contributed by atoms with van der Waals surface area (Å²) in [5, 5.41) is 2.55. The van der Waals surface area contributed by atoms with Crippen LogP contribution in [0.25, 0.3) is 21.9 Å². The van der Waals surface area contributed by atoms with Crippen LogP contribution in [-0.4, -0.2) is 13.1 Å². The zero-order valence-electron chi connectivity index (χ0n) is 15.4. The number of halogens is 2. The lowest BCUT2D eigenvalue weighted by molar-refractivity contribution is -0.131. The van der Waals surface area contributed by atoms with Crippen molar-refractivity contribution in [2.45, 2.75) is 26.2 Å². The molecular weight excluding hydrogens is 383 g/mol. The van der Waals surface area contributed by atoms with Crippen molar-refractivity contribution in [3.05, 3.63) is 57.6 Å². The van der Waals surface area contributed by atoms with Gasteiger partial charge in [0.2, 0.25) is 0 Å². The van der Waals surface area contributed by atoms with Gasteiger partial charge in [0.1, 0.15) is 11.5 Å². The molecule has 0 N–H and O–H groups in total. The second-order valence-corrected chi connectivity index (χ2v) is 8.08. The van der Waals surface area contributed by atoms with Crippen LogP contribution in [0.3, 0.4) is 0 Å². The quantitative estimate of drug-likeness (QED) is 0.369. The van der Waals surface area contributed by atoms with E-state index in [2.05, 4.69) is 26.0 Å². The van der Waals surface area contributed by atoms with Gasteiger partial charge in [-0.05, 0) is 58.0 Å². The molecule has 0 atom stereocenters. The first kappa shape index (κ1) is 18.1. The van der Waals surface area contributed by atoms with E-state index in [1.54, 1.807) is 13.2 Å². The van der Waals surface area contributed by atoms with E-state index < -0.39 is 5.97 Å². The third kappa shape index (κ3) is 2.69. The molecule has 0 amide bonds. The Morgan fingerprint density at radius 1 is 1.04 bits per heavy atom. The molecule has 0 radical (unpaired) electrons. The van der Waals surface area contributed by atoms with E-state index in [0.29, 0.717) is 21.2 Å². The maximum Gasteiger partial charge on any atom is 0.308 e. The largest absolute Gasteiger partial charge is 0.497 e. The molecule has 1 aliphatic carbocycles. The first-order chi connectivity index (χ1) is 12.7. The molecule has 138 valence electrons.